The second kappa shape index (κ2) is 7.70. The van der Waals surface area contributed by atoms with Crippen molar-refractivity contribution in [3.8, 4) is 0 Å². The first-order valence-corrected chi connectivity index (χ1v) is 9.75. The van der Waals surface area contributed by atoms with Gasteiger partial charge in [0, 0.05) is 24.0 Å². The summed E-state index contributed by atoms with van der Waals surface area (Å²) in [7, 11) is -3.74. The van der Waals surface area contributed by atoms with E-state index in [0.717, 1.165) is 18.2 Å². The van der Waals surface area contributed by atoms with Crippen LogP contribution in [0.15, 0.2) is 47.4 Å². The van der Waals surface area contributed by atoms with Gasteiger partial charge in [-0.15, -0.1) is 0 Å². The van der Waals surface area contributed by atoms with Crippen molar-refractivity contribution in [1.29, 1.82) is 5.41 Å². The molecule has 5 nitrogen and oxygen atoms in total. The molecule has 0 bridgehead atoms. The minimum atomic E-state index is -3.74. The van der Waals surface area contributed by atoms with Gasteiger partial charge >= 0.3 is 0 Å². The number of rotatable bonds is 7. The number of aryl methyl sites for hydroxylation is 1. The van der Waals surface area contributed by atoms with E-state index in [2.05, 4.69) is 6.92 Å². The molecular weight excluding hydrogens is 334 g/mol. The summed E-state index contributed by atoms with van der Waals surface area (Å²) in [5, 5.41) is 7.30. The molecule has 0 amide bonds. The summed E-state index contributed by atoms with van der Waals surface area (Å²) in [4.78, 5) is 0.135. The van der Waals surface area contributed by atoms with Crippen LogP contribution >= 0.6 is 0 Å². The largest absolute Gasteiger partial charge is 0.398 e. The van der Waals surface area contributed by atoms with E-state index in [1.165, 1.54) is 16.4 Å². The number of nitrogens with two attached hydrogens (primary N) is 1. The fourth-order valence-electron chi connectivity index (χ4n) is 2.54. The van der Waals surface area contributed by atoms with Gasteiger partial charge < -0.3 is 11.1 Å². The van der Waals surface area contributed by atoms with E-state index in [1.807, 2.05) is 38.1 Å². The maximum Gasteiger partial charge on any atom is 0.264 e. The van der Waals surface area contributed by atoms with E-state index in [1.54, 1.807) is 6.07 Å². The molecule has 0 aliphatic carbocycles. The van der Waals surface area contributed by atoms with Gasteiger partial charge in [-0.1, -0.05) is 39.0 Å². The lowest BCUT2D eigenvalue weighted by Crippen LogP contribution is -2.34. The minimum Gasteiger partial charge on any atom is -0.398 e. The Morgan fingerprint density at radius 2 is 1.80 bits per heavy atom. The number of sulfonamides is 1. The summed E-state index contributed by atoms with van der Waals surface area (Å²) < 4.78 is 27.8. The Bertz CT molecular complexity index is 843. The van der Waals surface area contributed by atoms with Crippen LogP contribution in [0.2, 0.25) is 0 Å². The Morgan fingerprint density at radius 3 is 2.28 bits per heavy atom. The number of nitrogen functional groups attached to an aromatic ring is 1. The first kappa shape index (κ1) is 19.0. The van der Waals surface area contributed by atoms with Gasteiger partial charge in [0.2, 0.25) is 0 Å². The van der Waals surface area contributed by atoms with E-state index in [4.69, 9.17) is 11.1 Å². The highest BCUT2D eigenvalue weighted by Gasteiger charge is 2.26. The third-order valence-corrected chi connectivity index (χ3v) is 5.76. The predicted octanol–water partition coefficient (Wildman–Crippen LogP) is 3.68. The molecule has 2 aromatic rings. The zero-order valence-electron chi connectivity index (χ0n) is 14.9. The van der Waals surface area contributed by atoms with Crippen molar-refractivity contribution in [2.45, 2.75) is 32.1 Å². The quantitative estimate of drug-likeness (QED) is 0.584. The standard InChI is InChI=1S/C19H25N3O2S/c1-4-15-5-8-17(9-6-15)22(13-14(2)3)25(23,24)18-10-7-16(12-20)19(21)11-18/h5-12,14,20H,4,13,21H2,1-3H3. The van der Waals surface area contributed by atoms with Crippen LogP contribution in [0.3, 0.4) is 0 Å². The average Bonchev–Trinajstić information content (AvgIpc) is 2.59. The topological polar surface area (TPSA) is 87.2 Å². The minimum absolute atomic E-state index is 0.135. The Labute approximate surface area is 150 Å². The number of hydrogen-bond acceptors (Lipinski definition) is 4. The van der Waals surface area contributed by atoms with Crippen molar-refractivity contribution in [2.24, 2.45) is 5.92 Å². The molecule has 0 heterocycles. The van der Waals surface area contributed by atoms with Crippen LogP contribution in [0.25, 0.3) is 0 Å². The number of benzene rings is 2. The van der Waals surface area contributed by atoms with Crippen molar-refractivity contribution >= 4 is 27.6 Å². The molecule has 0 fully saturated rings. The van der Waals surface area contributed by atoms with Crippen LogP contribution in [-0.2, 0) is 16.4 Å². The Balaban J connectivity index is 2.51. The van der Waals surface area contributed by atoms with E-state index in [9.17, 15) is 8.42 Å². The van der Waals surface area contributed by atoms with Crippen LogP contribution in [0.5, 0.6) is 0 Å². The maximum absolute atomic E-state index is 13.2. The van der Waals surface area contributed by atoms with Gasteiger partial charge in [-0.05, 0) is 42.2 Å². The smallest absolute Gasteiger partial charge is 0.264 e. The van der Waals surface area contributed by atoms with Gasteiger partial charge in [-0.3, -0.25) is 4.31 Å². The van der Waals surface area contributed by atoms with Crippen molar-refractivity contribution < 1.29 is 8.42 Å². The van der Waals surface area contributed by atoms with Crippen LogP contribution < -0.4 is 10.0 Å². The molecule has 0 radical (unpaired) electrons. The molecule has 0 aromatic heterocycles. The van der Waals surface area contributed by atoms with Gasteiger partial charge in [-0.2, -0.15) is 0 Å². The molecule has 0 saturated carbocycles. The Morgan fingerprint density at radius 1 is 1.16 bits per heavy atom. The monoisotopic (exact) mass is 359 g/mol. The molecule has 25 heavy (non-hydrogen) atoms. The molecule has 3 N–H and O–H groups in total. The second-order valence-corrected chi connectivity index (χ2v) is 8.25. The molecule has 0 unspecified atom stereocenters. The summed E-state index contributed by atoms with van der Waals surface area (Å²) in [6.45, 7) is 6.40. The van der Waals surface area contributed by atoms with Crippen molar-refractivity contribution in [1.82, 2.24) is 0 Å². The zero-order chi connectivity index (χ0) is 18.6. The number of anilines is 2. The zero-order valence-corrected chi connectivity index (χ0v) is 15.7. The van der Waals surface area contributed by atoms with Crippen molar-refractivity contribution in [3.63, 3.8) is 0 Å². The lowest BCUT2D eigenvalue weighted by atomic mass is 10.1. The van der Waals surface area contributed by atoms with Gasteiger partial charge in [0.25, 0.3) is 10.0 Å². The summed E-state index contributed by atoms with van der Waals surface area (Å²) in [6.07, 6.45) is 2.01. The molecule has 0 atom stereocenters. The molecule has 6 heteroatoms. The maximum atomic E-state index is 13.2. The molecule has 2 rings (SSSR count). The first-order chi connectivity index (χ1) is 11.8. The fraction of sp³-hybridized carbons (Fsp3) is 0.316. The molecule has 134 valence electrons. The third-order valence-electron chi connectivity index (χ3n) is 3.97. The molecule has 0 aliphatic heterocycles. The summed E-state index contributed by atoms with van der Waals surface area (Å²) >= 11 is 0. The van der Waals surface area contributed by atoms with E-state index >= 15 is 0 Å². The molecule has 2 aromatic carbocycles. The van der Waals surface area contributed by atoms with Crippen LogP contribution in [0.1, 0.15) is 31.9 Å². The Kier molecular flexibility index (Phi) is 5.85. The van der Waals surface area contributed by atoms with Crippen LogP contribution in [0.4, 0.5) is 11.4 Å². The number of hydrogen-bond donors (Lipinski definition) is 2. The van der Waals surface area contributed by atoms with Gasteiger partial charge in [0.1, 0.15) is 0 Å². The van der Waals surface area contributed by atoms with Crippen LogP contribution in [0, 0.1) is 11.3 Å². The number of nitrogens with zero attached hydrogens (tertiary/aromatic N) is 1. The molecular formula is C19H25N3O2S. The van der Waals surface area contributed by atoms with E-state index in [0.29, 0.717) is 17.8 Å². The second-order valence-electron chi connectivity index (χ2n) is 6.39. The SMILES string of the molecule is CCc1ccc(N(CC(C)C)S(=O)(=O)c2ccc(C=N)c(N)c2)cc1. The third kappa shape index (κ3) is 4.20. The van der Waals surface area contributed by atoms with Gasteiger partial charge in [0.15, 0.2) is 0 Å². The highest BCUT2D eigenvalue weighted by atomic mass is 32.2. The first-order valence-electron chi connectivity index (χ1n) is 8.31. The number of nitrogens with one attached hydrogen (secondary N) is 1. The highest BCUT2D eigenvalue weighted by molar-refractivity contribution is 7.92. The van der Waals surface area contributed by atoms with Gasteiger partial charge in [-0.25, -0.2) is 8.42 Å². The lowest BCUT2D eigenvalue weighted by molar-refractivity contribution is 0.578. The lowest BCUT2D eigenvalue weighted by Gasteiger charge is -2.26. The van der Waals surface area contributed by atoms with Gasteiger partial charge in [0.05, 0.1) is 10.6 Å². The molecule has 0 saturated heterocycles. The summed E-state index contributed by atoms with van der Waals surface area (Å²) in [5.74, 6) is 0.166. The molecule has 0 aliphatic rings. The summed E-state index contributed by atoms with van der Waals surface area (Å²) in [5.41, 5.74) is 8.45. The Hall–Kier alpha value is -2.34. The van der Waals surface area contributed by atoms with Crippen molar-refractivity contribution in [2.75, 3.05) is 16.6 Å². The fourth-order valence-corrected chi connectivity index (χ4v) is 4.21. The highest BCUT2D eigenvalue weighted by Crippen LogP contribution is 2.27. The summed E-state index contributed by atoms with van der Waals surface area (Å²) in [6, 6.07) is 12.1. The van der Waals surface area contributed by atoms with Crippen LogP contribution in [-0.4, -0.2) is 21.2 Å². The average molecular weight is 359 g/mol. The predicted molar refractivity (Wildman–Crippen MR) is 104 cm³/mol. The van der Waals surface area contributed by atoms with E-state index in [-0.39, 0.29) is 16.5 Å². The molecule has 0 spiro atoms. The van der Waals surface area contributed by atoms with E-state index < -0.39 is 10.0 Å². The van der Waals surface area contributed by atoms with Crippen molar-refractivity contribution in [3.05, 3.63) is 53.6 Å². The normalized spacial score (nSPS) is 11.5.